The molecule has 0 heterocycles. The van der Waals surface area contributed by atoms with Crippen LogP contribution in [0, 0.1) is 5.41 Å². The van der Waals surface area contributed by atoms with Crippen LogP contribution in [0.5, 0.6) is 11.5 Å². The molecule has 19 heavy (non-hydrogen) atoms. The minimum atomic E-state index is -2.92. The molecule has 1 fully saturated rings. The summed E-state index contributed by atoms with van der Waals surface area (Å²) in [6.07, 6.45) is 0.417. The Balaban J connectivity index is 2.00. The molecule has 0 spiro atoms. The van der Waals surface area contributed by atoms with Gasteiger partial charge >= 0.3 is 12.6 Å². The van der Waals surface area contributed by atoms with Crippen LogP contribution in [0.15, 0.2) is 24.3 Å². The van der Waals surface area contributed by atoms with Gasteiger partial charge in [0.15, 0.2) is 11.5 Å². The van der Waals surface area contributed by atoms with Crippen LogP contribution in [0.4, 0.5) is 8.78 Å². The number of alkyl halides is 2. The maximum atomic E-state index is 12.2. The fraction of sp³-hybridized carbons (Fsp3) is 0.462. The fourth-order valence-electron chi connectivity index (χ4n) is 2.12. The van der Waals surface area contributed by atoms with E-state index in [9.17, 15) is 13.6 Å². The standard InChI is InChI=1S/C13H14F2O4/c1-13(11(16)17)6-8(7-13)18-9-4-2-3-5-10(9)19-12(14)15/h2-5,8,12H,6-7H2,1H3,(H,16,17)/t8-,13-. The summed E-state index contributed by atoms with van der Waals surface area (Å²) >= 11 is 0. The van der Waals surface area contributed by atoms with Gasteiger partial charge in [0.25, 0.3) is 0 Å². The normalized spacial score (nSPS) is 25.8. The van der Waals surface area contributed by atoms with Gasteiger partial charge in [0.2, 0.25) is 0 Å². The van der Waals surface area contributed by atoms with Crippen molar-refractivity contribution in [3.8, 4) is 11.5 Å². The SMILES string of the molecule is C[C@]1(C(=O)O)C[C@H](Oc2ccccc2OC(F)F)C1. The van der Waals surface area contributed by atoms with E-state index in [1.165, 1.54) is 12.1 Å². The molecule has 0 saturated heterocycles. The molecule has 2 rings (SSSR count). The smallest absolute Gasteiger partial charge is 0.387 e. The Bertz CT molecular complexity index is 469. The molecule has 0 aliphatic heterocycles. The average molecular weight is 272 g/mol. The molecule has 0 aromatic heterocycles. The van der Waals surface area contributed by atoms with Crippen molar-refractivity contribution in [2.45, 2.75) is 32.5 Å². The molecule has 1 aromatic carbocycles. The first kappa shape index (κ1) is 13.6. The Hall–Kier alpha value is -1.85. The summed E-state index contributed by atoms with van der Waals surface area (Å²) in [5, 5.41) is 8.97. The number of carboxylic acid groups (broad SMARTS) is 1. The lowest BCUT2D eigenvalue weighted by Gasteiger charge is -2.41. The van der Waals surface area contributed by atoms with E-state index in [0.29, 0.717) is 12.8 Å². The van der Waals surface area contributed by atoms with E-state index >= 15 is 0 Å². The molecule has 1 aromatic rings. The number of benzene rings is 1. The summed E-state index contributed by atoms with van der Waals surface area (Å²) in [7, 11) is 0. The van der Waals surface area contributed by atoms with Gasteiger partial charge in [-0.1, -0.05) is 12.1 Å². The number of carboxylic acids is 1. The van der Waals surface area contributed by atoms with Crippen LogP contribution in [0.3, 0.4) is 0 Å². The molecule has 0 unspecified atom stereocenters. The van der Waals surface area contributed by atoms with Gasteiger partial charge in [-0.05, 0) is 19.1 Å². The first-order valence-electron chi connectivity index (χ1n) is 5.84. The second-order valence-electron chi connectivity index (χ2n) is 4.84. The van der Waals surface area contributed by atoms with E-state index in [2.05, 4.69) is 4.74 Å². The summed E-state index contributed by atoms with van der Waals surface area (Å²) < 4.78 is 34.3. The third-order valence-corrected chi connectivity index (χ3v) is 3.23. The van der Waals surface area contributed by atoms with Gasteiger partial charge in [-0.25, -0.2) is 0 Å². The van der Waals surface area contributed by atoms with Gasteiger partial charge in [0.1, 0.15) is 6.10 Å². The molecule has 1 aliphatic rings. The summed E-state index contributed by atoms with van der Waals surface area (Å²) in [5.74, 6) is -0.703. The van der Waals surface area contributed by atoms with E-state index in [1.807, 2.05) is 0 Å². The highest BCUT2D eigenvalue weighted by atomic mass is 19.3. The molecule has 6 heteroatoms. The number of ether oxygens (including phenoxy) is 2. The van der Waals surface area contributed by atoms with Crippen molar-refractivity contribution < 1.29 is 28.2 Å². The number of aliphatic carboxylic acids is 1. The first-order valence-corrected chi connectivity index (χ1v) is 5.84. The molecular formula is C13H14F2O4. The van der Waals surface area contributed by atoms with Gasteiger partial charge in [0.05, 0.1) is 5.41 Å². The molecule has 0 atom stereocenters. The Morgan fingerprint density at radius 1 is 1.37 bits per heavy atom. The summed E-state index contributed by atoms with van der Waals surface area (Å²) in [4.78, 5) is 10.9. The van der Waals surface area contributed by atoms with Crippen molar-refractivity contribution in [3.63, 3.8) is 0 Å². The Labute approximate surface area is 108 Å². The third kappa shape index (κ3) is 2.94. The molecule has 104 valence electrons. The lowest BCUT2D eigenvalue weighted by molar-refractivity contribution is -0.159. The largest absolute Gasteiger partial charge is 0.486 e. The van der Waals surface area contributed by atoms with Gasteiger partial charge in [-0.15, -0.1) is 0 Å². The minimum absolute atomic E-state index is 0.0403. The Morgan fingerprint density at radius 3 is 2.47 bits per heavy atom. The number of rotatable bonds is 5. The van der Waals surface area contributed by atoms with Crippen molar-refractivity contribution in [2.24, 2.45) is 5.41 Å². The zero-order chi connectivity index (χ0) is 14.0. The highest BCUT2D eigenvalue weighted by molar-refractivity contribution is 5.75. The van der Waals surface area contributed by atoms with Crippen LogP contribution in [0.2, 0.25) is 0 Å². The van der Waals surface area contributed by atoms with E-state index in [4.69, 9.17) is 9.84 Å². The number of halogens is 2. The summed E-state index contributed by atoms with van der Waals surface area (Å²) in [6.45, 7) is -1.29. The number of para-hydroxylation sites is 2. The van der Waals surface area contributed by atoms with E-state index in [1.54, 1.807) is 19.1 Å². The van der Waals surface area contributed by atoms with E-state index in [-0.39, 0.29) is 17.6 Å². The van der Waals surface area contributed by atoms with Gasteiger partial charge in [-0.3, -0.25) is 4.79 Å². The monoisotopic (exact) mass is 272 g/mol. The van der Waals surface area contributed by atoms with Gasteiger partial charge in [0, 0.05) is 12.8 Å². The van der Waals surface area contributed by atoms with E-state index in [0.717, 1.165) is 0 Å². The van der Waals surface area contributed by atoms with Crippen molar-refractivity contribution in [1.29, 1.82) is 0 Å². The molecule has 0 bridgehead atoms. The van der Waals surface area contributed by atoms with Crippen LogP contribution < -0.4 is 9.47 Å². The average Bonchev–Trinajstić information content (AvgIpc) is 2.28. The number of hydrogen-bond acceptors (Lipinski definition) is 3. The predicted octanol–water partition coefficient (Wildman–Crippen LogP) is 2.92. The highest BCUT2D eigenvalue weighted by Gasteiger charge is 2.48. The Morgan fingerprint density at radius 2 is 1.95 bits per heavy atom. The maximum Gasteiger partial charge on any atom is 0.387 e. The van der Waals surface area contributed by atoms with Crippen molar-refractivity contribution in [2.75, 3.05) is 0 Å². The van der Waals surface area contributed by atoms with Crippen LogP contribution in [0.25, 0.3) is 0 Å². The highest BCUT2D eigenvalue weighted by Crippen LogP contribution is 2.44. The second kappa shape index (κ2) is 5.03. The van der Waals surface area contributed by atoms with Crippen LogP contribution >= 0.6 is 0 Å². The van der Waals surface area contributed by atoms with Gasteiger partial charge < -0.3 is 14.6 Å². The van der Waals surface area contributed by atoms with Crippen LogP contribution in [-0.2, 0) is 4.79 Å². The van der Waals surface area contributed by atoms with E-state index < -0.39 is 18.0 Å². The molecule has 4 nitrogen and oxygen atoms in total. The zero-order valence-electron chi connectivity index (χ0n) is 10.3. The molecule has 1 saturated carbocycles. The summed E-state index contributed by atoms with van der Waals surface area (Å²) in [6, 6.07) is 6.11. The topological polar surface area (TPSA) is 55.8 Å². The van der Waals surface area contributed by atoms with Gasteiger partial charge in [-0.2, -0.15) is 8.78 Å². The summed E-state index contributed by atoms with van der Waals surface area (Å²) in [5.41, 5.74) is -0.789. The van der Waals surface area contributed by atoms with Crippen molar-refractivity contribution in [3.05, 3.63) is 24.3 Å². The maximum absolute atomic E-state index is 12.2. The molecule has 1 N–H and O–H groups in total. The van der Waals surface area contributed by atoms with Crippen LogP contribution in [-0.4, -0.2) is 23.8 Å². The van der Waals surface area contributed by atoms with Crippen molar-refractivity contribution in [1.82, 2.24) is 0 Å². The molecule has 0 radical (unpaired) electrons. The number of carbonyl (C=O) groups is 1. The van der Waals surface area contributed by atoms with Crippen LogP contribution in [0.1, 0.15) is 19.8 Å². The lowest BCUT2D eigenvalue weighted by atomic mass is 9.68. The Kier molecular flexibility index (Phi) is 3.59. The minimum Gasteiger partial charge on any atom is -0.486 e. The predicted molar refractivity (Wildman–Crippen MR) is 62.5 cm³/mol. The zero-order valence-corrected chi connectivity index (χ0v) is 10.3. The van der Waals surface area contributed by atoms with Crippen molar-refractivity contribution >= 4 is 5.97 Å². The quantitative estimate of drug-likeness (QED) is 0.895. The third-order valence-electron chi connectivity index (χ3n) is 3.23. The number of hydrogen-bond donors (Lipinski definition) is 1. The fourth-order valence-corrected chi connectivity index (χ4v) is 2.12. The second-order valence-corrected chi connectivity index (χ2v) is 4.84. The molecule has 0 amide bonds. The molecule has 1 aliphatic carbocycles. The molecular weight excluding hydrogens is 258 g/mol. The first-order chi connectivity index (χ1) is 8.90. The lowest BCUT2D eigenvalue weighted by Crippen LogP contribution is -2.47.